The fraction of sp³-hybridized carbons (Fsp3) is 0.0769. The van der Waals surface area contributed by atoms with Crippen LogP contribution in [0, 0.1) is 15.9 Å². The molecule has 2 N–H and O–H groups in total. The number of rotatable bonds is 4. The molecule has 0 aliphatic carbocycles. The van der Waals surface area contributed by atoms with Gasteiger partial charge in [-0.1, -0.05) is 23.2 Å². The van der Waals surface area contributed by atoms with E-state index >= 15 is 0 Å². The zero-order valence-corrected chi connectivity index (χ0v) is 12.0. The van der Waals surface area contributed by atoms with Crippen molar-refractivity contribution in [2.75, 3.05) is 5.32 Å². The summed E-state index contributed by atoms with van der Waals surface area (Å²) in [6, 6.07) is 5.88. The smallest absolute Gasteiger partial charge is 0.292 e. The highest BCUT2D eigenvalue weighted by molar-refractivity contribution is 6.35. The van der Waals surface area contributed by atoms with Crippen molar-refractivity contribution in [2.24, 2.45) is 0 Å². The molecule has 0 spiro atoms. The second kappa shape index (κ2) is 6.15. The number of benzene rings is 2. The summed E-state index contributed by atoms with van der Waals surface area (Å²) in [4.78, 5) is 10.2. The highest BCUT2D eigenvalue weighted by Gasteiger charge is 2.15. The number of phenolic OH excluding ortho intramolecular Hbond substituents is 1. The van der Waals surface area contributed by atoms with Crippen molar-refractivity contribution in [3.05, 3.63) is 61.9 Å². The van der Waals surface area contributed by atoms with Gasteiger partial charge in [0.1, 0.15) is 17.3 Å². The van der Waals surface area contributed by atoms with Crippen LogP contribution in [0.2, 0.25) is 10.0 Å². The van der Waals surface area contributed by atoms with Gasteiger partial charge in [0.2, 0.25) is 0 Å². The fourth-order valence-corrected chi connectivity index (χ4v) is 2.29. The van der Waals surface area contributed by atoms with Crippen molar-refractivity contribution in [3.63, 3.8) is 0 Å². The van der Waals surface area contributed by atoms with Crippen molar-refractivity contribution in [1.29, 1.82) is 0 Å². The number of nitro groups is 1. The summed E-state index contributed by atoms with van der Waals surface area (Å²) < 4.78 is 13.2. The Balaban J connectivity index is 2.28. The SMILES string of the molecule is O=[N+]([O-])c1ccc(F)cc1NCc1cc(Cl)cc(Cl)c1O. The summed E-state index contributed by atoms with van der Waals surface area (Å²) in [5, 5.41) is 23.7. The quantitative estimate of drug-likeness (QED) is 0.645. The molecule has 0 atom stereocenters. The van der Waals surface area contributed by atoms with Gasteiger partial charge in [0, 0.05) is 29.3 Å². The number of aromatic hydroxyl groups is 1. The summed E-state index contributed by atoms with van der Waals surface area (Å²) in [6.45, 7) is -0.00356. The maximum absolute atomic E-state index is 13.2. The number of halogens is 3. The normalized spacial score (nSPS) is 10.4. The fourth-order valence-electron chi connectivity index (χ4n) is 1.75. The molecule has 0 saturated heterocycles. The first-order chi connectivity index (χ1) is 9.88. The highest BCUT2D eigenvalue weighted by Crippen LogP contribution is 2.32. The van der Waals surface area contributed by atoms with E-state index in [0.717, 1.165) is 18.2 Å². The molecule has 0 radical (unpaired) electrons. The lowest BCUT2D eigenvalue weighted by Crippen LogP contribution is -2.03. The van der Waals surface area contributed by atoms with E-state index in [1.165, 1.54) is 12.1 Å². The van der Waals surface area contributed by atoms with Gasteiger partial charge in [0.25, 0.3) is 5.69 Å². The van der Waals surface area contributed by atoms with Crippen LogP contribution in [0.4, 0.5) is 15.8 Å². The molecule has 0 amide bonds. The molecule has 5 nitrogen and oxygen atoms in total. The van der Waals surface area contributed by atoms with E-state index in [1.54, 1.807) is 0 Å². The number of hydrogen-bond acceptors (Lipinski definition) is 4. The molecule has 0 aliphatic rings. The molecule has 0 bridgehead atoms. The third-order valence-corrected chi connectivity index (χ3v) is 3.24. The number of phenols is 1. The molecule has 0 saturated carbocycles. The Kier molecular flexibility index (Phi) is 4.50. The van der Waals surface area contributed by atoms with Gasteiger partial charge in [0.05, 0.1) is 9.95 Å². The van der Waals surface area contributed by atoms with Gasteiger partial charge in [-0.25, -0.2) is 4.39 Å². The third-order valence-electron chi connectivity index (χ3n) is 2.73. The van der Waals surface area contributed by atoms with E-state index in [-0.39, 0.29) is 28.7 Å². The summed E-state index contributed by atoms with van der Waals surface area (Å²) in [5.41, 5.74) is 0.0607. The minimum atomic E-state index is -0.632. The standard InChI is InChI=1S/C13H9Cl2FN2O3/c14-8-3-7(13(19)10(15)4-8)6-17-11-5-9(16)1-2-12(11)18(20)21/h1-5,17,19H,6H2. The summed E-state index contributed by atoms with van der Waals surface area (Å²) in [6.07, 6.45) is 0. The van der Waals surface area contributed by atoms with Crippen LogP contribution in [0.5, 0.6) is 5.75 Å². The van der Waals surface area contributed by atoms with Crippen molar-refractivity contribution in [3.8, 4) is 5.75 Å². The maximum Gasteiger partial charge on any atom is 0.292 e. The lowest BCUT2D eigenvalue weighted by Gasteiger charge is -2.10. The molecule has 0 fully saturated rings. The minimum Gasteiger partial charge on any atom is -0.506 e. The minimum absolute atomic E-state index is 0.00356. The van der Waals surface area contributed by atoms with Crippen LogP contribution in [-0.4, -0.2) is 10.0 Å². The number of nitro benzene ring substituents is 1. The van der Waals surface area contributed by atoms with Crippen LogP contribution in [-0.2, 0) is 6.54 Å². The van der Waals surface area contributed by atoms with Crippen molar-refractivity contribution in [1.82, 2.24) is 0 Å². The average Bonchev–Trinajstić information content (AvgIpc) is 2.40. The maximum atomic E-state index is 13.2. The van der Waals surface area contributed by atoms with E-state index in [9.17, 15) is 19.6 Å². The Morgan fingerprint density at radius 1 is 1.29 bits per heavy atom. The van der Waals surface area contributed by atoms with Gasteiger partial charge in [0.15, 0.2) is 0 Å². The van der Waals surface area contributed by atoms with E-state index in [2.05, 4.69) is 5.32 Å². The number of nitrogens with one attached hydrogen (secondary N) is 1. The second-order valence-electron chi connectivity index (χ2n) is 4.17. The van der Waals surface area contributed by atoms with Crippen LogP contribution >= 0.6 is 23.2 Å². The lowest BCUT2D eigenvalue weighted by molar-refractivity contribution is -0.384. The molecule has 2 aromatic rings. The summed E-state index contributed by atoms with van der Waals surface area (Å²) in [7, 11) is 0. The van der Waals surface area contributed by atoms with Crippen molar-refractivity contribution < 1.29 is 14.4 Å². The van der Waals surface area contributed by atoms with Crippen LogP contribution < -0.4 is 5.32 Å². The topological polar surface area (TPSA) is 75.4 Å². The monoisotopic (exact) mass is 330 g/mol. The predicted octanol–water partition coefficient (Wildman–Crippen LogP) is 4.36. The molecule has 21 heavy (non-hydrogen) atoms. The summed E-state index contributed by atoms with van der Waals surface area (Å²) in [5.74, 6) is -0.802. The highest BCUT2D eigenvalue weighted by atomic mass is 35.5. The Bertz CT molecular complexity index is 710. The van der Waals surface area contributed by atoms with Gasteiger partial charge in [-0.15, -0.1) is 0 Å². The molecule has 2 rings (SSSR count). The second-order valence-corrected chi connectivity index (χ2v) is 5.01. The zero-order valence-electron chi connectivity index (χ0n) is 10.4. The largest absolute Gasteiger partial charge is 0.506 e. The predicted molar refractivity (Wildman–Crippen MR) is 78.5 cm³/mol. The van der Waals surface area contributed by atoms with Crippen LogP contribution in [0.15, 0.2) is 30.3 Å². The molecular weight excluding hydrogens is 322 g/mol. The Labute approximate surface area is 129 Å². The van der Waals surface area contributed by atoms with Gasteiger partial charge >= 0.3 is 0 Å². The Hall–Kier alpha value is -2.05. The van der Waals surface area contributed by atoms with Gasteiger partial charge < -0.3 is 10.4 Å². The van der Waals surface area contributed by atoms with Crippen LogP contribution in [0.1, 0.15) is 5.56 Å². The van der Waals surface area contributed by atoms with Gasteiger partial charge in [-0.05, 0) is 18.2 Å². The number of hydrogen-bond donors (Lipinski definition) is 2. The molecule has 8 heteroatoms. The van der Waals surface area contributed by atoms with E-state index in [1.807, 2.05) is 0 Å². The Morgan fingerprint density at radius 3 is 2.67 bits per heavy atom. The van der Waals surface area contributed by atoms with Crippen molar-refractivity contribution >= 4 is 34.6 Å². The number of anilines is 1. The van der Waals surface area contributed by atoms with E-state index < -0.39 is 10.7 Å². The number of nitrogens with zero attached hydrogens (tertiary/aromatic N) is 1. The van der Waals surface area contributed by atoms with Gasteiger partial charge in [-0.3, -0.25) is 10.1 Å². The van der Waals surface area contributed by atoms with Gasteiger partial charge in [-0.2, -0.15) is 0 Å². The molecule has 0 aliphatic heterocycles. The average molecular weight is 331 g/mol. The molecule has 110 valence electrons. The Morgan fingerprint density at radius 2 is 2.00 bits per heavy atom. The zero-order chi connectivity index (χ0) is 15.6. The lowest BCUT2D eigenvalue weighted by atomic mass is 10.2. The van der Waals surface area contributed by atoms with Crippen LogP contribution in [0.25, 0.3) is 0 Å². The van der Waals surface area contributed by atoms with E-state index in [4.69, 9.17) is 23.2 Å². The third kappa shape index (κ3) is 3.53. The molecule has 0 heterocycles. The molecular formula is C13H9Cl2FN2O3. The first-order valence-electron chi connectivity index (χ1n) is 5.73. The molecule has 2 aromatic carbocycles. The van der Waals surface area contributed by atoms with Crippen molar-refractivity contribution in [2.45, 2.75) is 6.54 Å². The first kappa shape index (κ1) is 15.3. The van der Waals surface area contributed by atoms with Crippen LogP contribution in [0.3, 0.4) is 0 Å². The first-order valence-corrected chi connectivity index (χ1v) is 6.49. The molecule has 0 aromatic heterocycles. The molecule has 0 unspecified atom stereocenters. The van der Waals surface area contributed by atoms with E-state index in [0.29, 0.717) is 10.6 Å². The summed E-state index contributed by atoms with van der Waals surface area (Å²) >= 11 is 11.6.